The van der Waals surface area contributed by atoms with Crippen LogP contribution < -0.4 is 14.8 Å². The fourth-order valence-corrected chi connectivity index (χ4v) is 2.79. The van der Waals surface area contributed by atoms with E-state index in [9.17, 15) is 4.79 Å². The number of nitrogens with zero attached hydrogens (tertiary/aromatic N) is 1. The maximum absolute atomic E-state index is 12.0. The van der Waals surface area contributed by atoms with Gasteiger partial charge in [-0.1, -0.05) is 19.9 Å². The summed E-state index contributed by atoms with van der Waals surface area (Å²) in [5.41, 5.74) is 0.403. The fraction of sp³-hybridized carbons (Fsp3) is 0.588. The van der Waals surface area contributed by atoms with Gasteiger partial charge in [-0.2, -0.15) is 0 Å². The average molecular weight is 304 g/mol. The van der Waals surface area contributed by atoms with Crippen LogP contribution in [-0.4, -0.2) is 43.8 Å². The Kier molecular flexibility index (Phi) is 3.89. The highest BCUT2D eigenvalue weighted by Gasteiger charge is 2.45. The topological polar surface area (TPSA) is 50.8 Å². The average Bonchev–Trinajstić information content (AvgIpc) is 3.07. The van der Waals surface area contributed by atoms with Crippen LogP contribution in [0, 0.1) is 11.3 Å². The van der Waals surface area contributed by atoms with Gasteiger partial charge in [0, 0.05) is 12.6 Å². The summed E-state index contributed by atoms with van der Waals surface area (Å²) in [4.78, 5) is 13.8. The van der Waals surface area contributed by atoms with E-state index in [1.807, 2.05) is 24.3 Å². The molecule has 2 aliphatic rings. The molecule has 5 heteroatoms. The lowest BCUT2D eigenvalue weighted by Crippen LogP contribution is -2.59. The Balaban J connectivity index is 1.39. The van der Waals surface area contributed by atoms with Crippen LogP contribution in [0.1, 0.15) is 20.3 Å². The Morgan fingerprint density at radius 3 is 2.68 bits per heavy atom. The summed E-state index contributed by atoms with van der Waals surface area (Å²) in [6.07, 6.45) is 1.27. The minimum absolute atomic E-state index is 0.0215. The van der Waals surface area contributed by atoms with E-state index in [-0.39, 0.29) is 12.1 Å². The molecule has 1 atom stereocenters. The second kappa shape index (κ2) is 5.71. The van der Waals surface area contributed by atoms with Gasteiger partial charge in [-0.25, -0.2) is 4.79 Å². The van der Waals surface area contributed by atoms with Gasteiger partial charge in [0.15, 0.2) is 0 Å². The van der Waals surface area contributed by atoms with Gasteiger partial charge < -0.3 is 19.7 Å². The molecule has 0 spiro atoms. The van der Waals surface area contributed by atoms with E-state index in [1.165, 1.54) is 6.42 Å². The molecule has 1 saturated heterocycles. The largest absolute Gasteiger partial charge is 0.497 e. The number of benzene rings is 1. The standard InChI is InChI=1S/C17H24N2O3/c1-17(2)8-12(17)9-18-16(20)19-10-15(11-19)22-14-6-4-5-13(7-14)21-3/h4-7,12,15H,8-11H2,1-3H3,(H,18,20)/t12-/m1/s1. The molecule has 1 aliphatic heterocycles. The van der Waals surface area contributed by atoms with E-state index >= 15 is 0 Å². The normalized spacial score (nSPS) is 22.7. The summed E-state index contributed by atoms with van der Waals surface area (Å²) < 4.78 is 11.0. The summed E-state index contributed by atoms with van der Waals surface area (Å²) in [6.45, 7) is 6.54. The van der Waals surface area contributed by atoms with E-state index < -0.39 is 0 Å². The molecule has 1 N–H and O–H groups in total. The summed E-state index contributed by atoms with van der Waals surface area (Å²) in [5.74, 6) is 2.18. The zero-order chi connectivity index (χ0) is 15.7. The predicted molar refractivity (Wildman–Crippen MR) is 84.3 cm³/mol. The molecule has 1 aromatic carbocycles. The smallest absolute Gasteiger partial charge is 0.317 e. The summed E-state index contributed by atoms with van der Waals surface area (Å²) >= 11 is 0. The van der Waals surface area contributed by atoms with Crippen molar-refractivity contribution < 1.29 is 14.3 Å². The van der Waals surface area contributed by atoms with Crippen LogP contribution in [0.4, 0.5) is 4.79 Å². The highest BCUT2D eigenvalue weighted by molar-refractivity contribution is 5.75. The molecule has 5 nitrogen and oxygen atoms in total. The van der Waals surface area contributed by atoms with Crippen LogP contribution in [0.15, 0.2) is 24.3 Å². The zero-order valence-corrected chi connectivity index (χ0v) is 13.5. The predicted octanol–water partition coefficient (Wildman–Crippen LogP) is 2.51. The molecule has 0 bridgehead atoms. The SMILES string of the molecule is COc1cccc(OC2CN(C(=O)NC[C@H]3CC3(C)C)C2)c1. The third kappa shape index (κ3) is 3.29. The van der Waals surface area contributed by atoms with Crippen molar-refractivity contribution in [2.24, 2.45) is 11.3 Å². The Morgan fingerprint density at radius 2 is 2.05 bits per heavy atom. The van der Waals surface area contributed by atoms with Crippen molar-refractivity contribution in [3.63, 3.8) is 0 Å². The quantitative estimate of drug-likeness (QED) is 0.909. The molecule has 120 valence electrons. The van der Waals surface area contributed by atoms with Crippen molar-refractivity contribution in [1.29, 1.82) is 0 Å². The number of ether oxygens (including phenoxy) is 2. The van der Waals surface area contributed by atoms with Gasteiger partial charge in [0.05, 0.1) is 20.2 Å². The minimum atomic E-state index is 0.0215. The Morgan fingerprint density at radius 1 is 1.36 bits per heavy atom. The molecular formula is C17H24N2O3. The first-order chi connectivity index (χ1) is 10.5. The fourth-order valence-electron chi connectivity index (χ4n) is 2.79. The molecular weight excluding hydrogens is 280 g/mol. The van der Waals surface area contributed by atoms with E-state index in [1.54, 1.807) is 12.0 Å². The van der Waals surface area contributed by atoms with E-state index in [0.717, 1.165) is 18.0 Å². The highest BCUT2D eigenvalue weighted by Crippen LogP contribution is 2.50. The monoisotopic (exact) mass is 304 g/mol. The summed E-state index contributed by atoms with van der Waals surface area (Å²) in [7, 11) is 1.63. The lowest BCUT2D eigenvalue weighted by Gasteiger charge is -2.38. The van der Waals surface area contributed by atoms with Crippen LogP contribution in [-0.2, 0) is 0 Å². The first-order valence-electron chi connectivity index (χ1n) is 7.81. The van der Waals surface area contributed by atoms with Crippen molar-refractivity contribution >= 4 is 6.03 Å². The number of carbonyl (C=O) groups excluding carboxylic acids is 1. The van der Waals surface area contributed by atoms with Gasteiger partial charge >= 0.3 is 6.03 Å². The number of carbonyl (C=O) groups is 1. The third-order valence-corrected chi connectivity index (χ3v) is 4.70. The minimum Gasteiger partial charge on any atom is -0.497 e. The van der Waals surface area contributed by atoms with Crippen molar-refractivity contribution in [3.8, 4) is 11.5 Å². The number of urea groups is 1. The Hall–Kier alpha value is -1.91. The maximum Gasteiger partial charge on any atom is 0.317 e. The van der Waals surface area contributed by atoms with Gasteiger partial charge in [-0.05, 0) is 29.9 Å². The number of nitrogens with one attached hydrogen (secondary N) is 1. The van der Waals surface area contributed by atoms with Crippen molar-refractivity contribution in [2.75, 3.05) is 26.7 Å². The number of methoxy groups -OCH3 is 1. The molecule has 2 fully saturated rings. The van der Waals surface area contributed by atoms with Gasteiger partial charge in [-0.3, -0.25) is 0 Å². The molecule has 0 radical (unpaired) electrons. The van der Waals surface area contributed by atoms with Gasteiger partial charge in [-0.15, -0.1) is 0 Å². The summed E-state index contributed by atoms with van der Waals surface area (Å²) in [5, 5.41) is 3.02. The molecule has 1 aromatic rings. The number of hydrogen-bond acceptors (Lipinski definition) is 3. The molecule has 2 amide bonds. The van der Waals surface area contributed by atoms with Crippen LogP contribution in [0.3, 0.4) is 0 Å². The van der Waals surface area contributed by atoms with E-state index in [2.05, 4.69) is 19.2 Å². The van der Waals surface area contributed by atoms with Crippen molar-refractivity contribution in [3.05, 3.63) is 24.3 Å². The first kappa shape index (κ1) is 15.0. The van der Waals surface area contributed by atoms with Gasteiger partial charge in [0.25, 0.3) is 0 Å². The molecule has 0 unspecified atom stereocenters. The zero-order valence-electron chi connectivity index (χ0n) is 13.5. The number of amides is 2. The van der Waals surface area contributed by atoms with Gasteiger partial charge in [0.1, 0.15) is 17.6 Å². The van der Waals surface area contributed by atoms with Crippen LogP contribution >= 0.6 is 0 Å². The lowest BCUT2D eigenvalue weighted by molar-refractivity contribution is 0.0442. The van der Waals surface area contributed by atoms with Crippen LogP contribution in [0.25, 0.3) is 0 Å². The van der Waals surface area contributed by atoms with Crippen molar-refractivity contribution in [2.45, 2.75) is 26.4 Å². The third-order valence-electron chi connectivity index (χ3n) is 4.70. The number of likely N-dealkylation sites (tertiary alicyclic amines) is 1. The maximum atomic E-state index is 12.0. The Bertz CT molecular complexity index is 553. The lowest BCUT2D eigenvalue weighted by atomic mass is 10.1. The van der Waals surface area contributed by atoms with Crippen LogP contribution in [0.5, 0.6) is 11.5 Å². The highest BCUT2D eigenvalue weighted by atomic mass is 16.5. The van der Waals surface area contributed by atoms with E-state index in [0.29, 0.717) is 24.4 Å². The van der Waals surface area contributed by atoms with Gasteiger partial charge in [0.2, 0.25) is 0 Å². The number of rotatable bonds is 5. The van der Waals surface area contributed by atoms with Crippen LogP contribution in [0.2, 0.25) is 0 Å². The van der Waals surface area contributed by atoms with Crippen molar-refractivity contribution in [1.82, 2.24) is 10.2 Å². The van der Waals surface area contributed by atoms with E-state index in [4.69, 9.17) is 9.47 Å². The second-order valence-corrected chi connectivity index (χ2v) is 6.90. The molecule has 22 heavy (non-hydrogen) atoms. The Labute approximate surface area is 131 Å². The molecule has 1 aliphatic carbocycles. The first-order valence-corrected chi connectivity index (χ1v) is 7.81. The molecule has 0 aromatic heterocycles. The molecule has 1 heterocycles. The second-order valence-electron chi connectivity index (χ2n) is 6.90. The number of hydrogen-bond donors (Lipinski definition) is 1. The summed E-state index contributed by atoms with van der Waals surface area (Å²) in [6, 6.07) is 7.56. The molecule has 1 saturated carbocycles. The molecule has 3 rings (SSSR count).